The fourth-order valence-corrected chi connectivity index (χ4v) is 3.36. The Hall–Kier alpha value is -3.13. The number of nitrogens with zero attached hydrogens (tertiary/aromatic N) is 4. The molecular formula is C17H12FN5OS. The number of nitrogens with one attached hydrogen (secondary N) is 1. The van der Waals surface area contributed by atoms with Crippen molar-refractivity contribution >= 4 is 33.3 Å². The van der Waals surface area contributed by atoms with Crippen LogP contribution in [-0.4, -0.2) is 25.7 Å². The maximum Gasteiger partial charge on any atom is 0.258 e. The summed E-state index contributed by atoms with van der Waals surface area (Å²) < 4.78 is 16.1. The van der Waals surface area contributed by atoms with Crippen LogP contribution in [0.2, 0.25) is 0 Å². The summed E-state index contributed by atoms with van der Waals surface area (Å²) in [6.07, 6.45) is 3.08. The quantitative estimate of drug-likeness (QED) is 0.611. The average molecular weight is 353 g/mol. The molecule has 0 radical (unpaired) electrons. The number of hydrogen-bond donors (Lipinski definition) is 1. The van der Waals surface area contributed by atoms with Gasteiger partial charge in [-0.2, -0.15) is 9.78 Å². The zero-order valence-corrected chi connectivity index (χ0v) is 13.9. The molecule has 8 heteroatoms. The molecule has 4 rings (SSSR count). The molecule has 6 nitrogen and oxygen atoms in total. The number of anilines is 1. The second-order valence-electron chi connectivity index (χ2n) is 5.36. The van der Waals surface area contributed by atoms with E-state index in [4.69, 9.17) is 0 Å². The largest absolute Gasteiger partial charge is 0.306 e. The first-order valence-corrected chi connectivity index (χ1v) is 8.27. The van der Waals surface area contributed by atoms with Crippen molar-refractivity contribution < 1.29 is 9.18 Å². The van der Waals surface area contributed by atoms with Crippen LogP contribution in [0, 0.1) is 12.7 Å². The van der Waals surface area contributed by atoms with Crippen LogP contribution >= 0.6 is 11.3 Å². The summed E-state index contributed by atoms with van der Waals surface area (Å²) in [7, 11) is 0. The van der Waals surface area contributed by atoms with Gasteiger partial charge in [-0.3, -0.25) is 9.78 Å². The SMILES string of the molecule is Cc1cc(NC(=O)c2cccnc2)n(-c2nc3c(F)cccc3s2)n1. The molecule has 25 heavy (non-hydrogen) atoms. The molecule has 0 fully saturated rings. The molecule has 0 bridgehead atoms. The number of halogens is 1. The molecule has 0 saturated carbocycles. The van der Waals surface area contributed by atoms with Crippen molar-refractivity contribution in [2.75, 3.05) is 5.32 Å². The van der Waals surface area contributed by atoms with Crippen LogP contribution in [0.15, 0.2) is 48.8 Å². The Labute approximate surface area is 146 Å². The zero-order valence-electron chi connectivity index (χ0n) is 13.1. The minimum atomic E-state index is -0.384. The lowest BCUT2D eigenvalue weighted by Crippen LogP contribution is -2.15. The molecule has 3 heterocycles. The van der Waals surface area contributed by atoms with Crippen LogP contribution in [0.3, 0.4) is 0 Å². The summed E-state index contributed by atoms with van der Waals surface area (Å²) in [4.78, 5) is 20.6. The van der Waals surface area contributed by atoms with Crippen LogP contribution in [0.25, 0.3) is 15.3 Å². The van der Waals surface area contributed by atoms with Crippen molar-refractivity contribution in [1.82, 2.24) is 19.7 Å². The van der Waals surface area contributed by atoms with Gasteiger partial charge in [0.05, 0.1) is 16.0 Å². The molecule has 0 aliphatic carbocycles. The Morgan fingerprint density at radius 1 is 1.28 bits per heavy atom. The maximum absolute atomic E-state index is 13.9. The molecule has 0 atom stereocenters. The number of fused-ring (bicyclic) bond motifs is 1. The van der Waals surface area contributed by atoms with Gasteiger partial charge in [0, 0.05) is 18.5 Å². The van der Waals surface area contributed by atoms with E-state index in [1.54, 1.807) is 36.5 Å². The van der Waals surface area contributed by atoms with Crippen LogP contribution in [0.5, 0.6) is 0 Å². The van der Waals surface area contributed by atoms with E-state index in [0.717, 1.165) is 0 Å². The molecule has 0 spiro atoms. The molecule has 3 aromatic heterocycles. The molecule has 0 saturated heterocycles. The number of carbonyl (C=O) groups excluding carboxylic acids is 1. The Morgan fingerprint density at radius 2 is 2.16 bits per heavy atom. The molecule has 1 amide bonds. The number of thiazole rings is 1. The van der Waals surface area contributed by atoms with Gasteiger partial charge in [-0.15, -0.1) is 0 Å². The predicted molar refractivity (Wildman–Crippen MR) is 93.6 cm³/mol. The fraction of sp³-hybridized carbons (Fsp3) is 0.0588. The average Bonchev–Trinajstić information content (AvgIpc) is 3.20. The van der Waals surface area contributed by atoms with Crippen molar-refractivity contribution in [3.05, 3.63) is 65.9 Å². The van der Waals surface area contributed by atoms with E-state index in [1.807, 2.05) is 6.92 Å². The first-order valence-electron chi connectivity index (χ1n) is 7.45. The highest BCUT2D eigenvalue weighted by Gasteiger charge is 2.16. The maximum atomic E-state index is 13.9. The third-order valence-corrected chi connectivity index (χ3v) is 4.53. The van der Waals surface area contributed by atoms with E-state index in [9.17, 15) is 9.18 Å². The van der Waals surface area contributed by atoms with E-state index in [0.29, 0.717) is 32.4 Å². The van der Waals surface area contributed by atoms with Gasteiger partial charge in [-0.25, -0.2) is 9.37 Å². The number of benzene rings is 1. The monoisotopic (exact) mass is 353 g/mol. The molecule has 0 unspecified atom stereocenters. The Balaban J connectivity index is 1.73. The van der Waals surface area contributed by atoms with E-state index < -0.39 is 0 Å². The molecular weight excluding hydrogens is 341 g/mol. The number of hydrogen-bond acceptors (Lipinski definition) is 5. The van der Waals surface area contributed by atoms with Crippen molar-refractivity contribution in [2.45, 2.75) is 6.92 Å². The minimum absolute atomic E-state index is 0.292. The van der Waals surface area contributed by atoms with Gasteiger partial charge in [0.2, 0.25) is 5.13 Å². The van der Waals surface area contributed by atoms with Gasteiger partial charge < -0.3 is 5.32 Å². The number of rotatable bonds is 3. The van der Waals surface area contributed by atoms with Crippen molar-refractivity contribution in [1.29, 1.82) is 0 Å². The lowest BCUT2D eigenvalue weighted by atomic mass is 10.3. The van der Waals surface area contributed by atoms with Gasteiger partial charge in [0.1, 0.15) is 17.2 Å². The van der Waals surface area contributed by atoms with E-state index in [-0.39, 0.29) is 11.7 Å². The van der Waals surface area contributed by atoms with E-state index in [2.05, 4.69) is 20.4 Å². The minimum Gasteiger partial charge on any atom is -0.306 e. The van der Waals surface area contributed by atoms with Gasteiger partial charge in [0.15, 0.2) is 0 Å². The number of aryl methyl sites for hydroxylation is 1. The molecule has 1 aromatic carbocycles. The lowest BCUT2D eigenvalue weighted by molar-refractivity contribution is 0.102. The zero-order chi connectivity index (χ0) is 17.4. The normalized spacial score (nSPS) is 11.0. The van der Waals surface area contributed by atoms with Crippen molar-refractivity contribution in [2.24, 2.45) is 0 Å². The number of amides is 1. The summed E-state index contributed by atoms with van der Waals surface area (Å²) in [5.74, 6) is -0.225. The lowest BCUT2D eigenvalue weighted by Gasteiger charge is -2.06. The number of pyridine rings is 1. The Bertz CT molecular complexity index is 1070. The van der Waals surface area contributed by atoms with E-state index in [1.165, 1.54) is 28.3 Å². The van der Waals surface area contributed by atoms with E-state index >= 15 is 0 Å². The molecule has 4 aromatic rings. The van der Waals surface area contributed by atoms with Crippen molar-refractivity contribution in [3.63, 3.8) is 0 Å². The predicted octanol–water partition coefficient (Wildman–Crippen LogP) is 3.58. The summed E-state index contributed by atoms with van der Waals surface area (Å²) >= 11 is 1.30. The Morgan fingerprint density at radius 3 is 2.92 bits per heavy atom. The summed E-state index contributed by atoms with van der Waals surface area (Å²) in [5.41, 5.74) is 1.43. The molecule has 124 valence electrons. The fourth-order valence-electron chi connectivity index (χ4n) is 2.41. The second kappa shape index (κ2) is 6.06. The van der Waals surface area contributed by atoms with Crippen molar-refractivity contribution in [3.8, 4) is 5.13 Å². The Kier molecular flexibility index (Phi) is 3.73. The summed E-state index contributed by atoms with van der Waals surface area (Å²) in [6.45, 7) is 1.81. The molecule has 0 aliphatic rings. The highest BCUT2D eigenvalue weighted by Crippen LogP contribution is 2.28. The van der Waals surface area contributed by atoms with Gasteiger partial charge in [-0.05, 0) is 31.2 Å². The highest BCUT2D eigenvalue weighted by molar-refractivity contribution is 7.20. The van der Waals surface area contributed by atoms with Crippen LogP contribution in [0.4, 0.5) is 10.2 Å². The topological polar surface area (TPSA) is 72.7 Å². The van der Waals surface area contributed by atoms with Gasteiger partial charge >= 0.3 is 0 Å². The third-order valence-electron chi connectivity index (χ3n) is 3.54. The number of para-hydroxylation sites is 1. The van der Waals surface area contributed by atoms with Crippen LogP contribution in [0.1, 0.15) is 16.1 Å². The second-order valence-corrected chi connectivity index (χ2v) is 6.37. The number of carbonyl (C=O) groups is 1. The highest BCUT2D eigenvalue weighted by atomic mass is 32.1. The van der Waals surface area contributed by atoms with Crippen LogP contribution in [-0.2, 0) is 0 Å². The van der Waals surface area contributed by atoms with Gasteiger partial charge in [-0.1, -0.05) is 17.4 Å². The molecule has 1 N–H and O–H groups in total. The van der Waals surface area contributed by atoms with Gasteiger partial charge in [0.25, 0.3) is 5.91 Å². The summed E-state index contributed by atoms with van der Waals surface area (Å²) in [5, 5.41) is 7.65. The molecule has 0 aliphatic heterocycles. The third kappa shape index (κ3) is 2.87. The standard InChI is InChI=1S/C17H12FN5OS/c1-10-8-14(20-16(24)11-4-3-7-19-9-11)23(22-10)17-21-15-12(18)5-2-6-13(15)25-17/h2-9H,1H3,(H,20,24). The smallest absolute Gasteiger partial charge is 0.258 e. The first kappa shape index (κ1) is 15.4. The number of aromatic nitrogens is 4. The van der Waals surface area contributed by atoms with Crippen LogP contribution < -0.4 is 5.32 Å². The summed E-state index contributed by atoms with van der Waals surface area (Å²) in [6, 6.07) is 9.89. The first-order chi connectivity index (χ1) is 12.1.